The summed E-state index contributed by atoms with van der Waals surface area (Å²) in [5.41, 5.74) is 1.51. The van der Waals surface area contributed by atoms with Crippen LogP contribution in [0.5, 0.6) is 0 Å². The third kappa shape index (κ3) is 8.97. The number of hydrogen-bond donors (Lipinski definition) is 0. The molecule has 0 atom stereocenters. The number of esters is 1. The molecule has 24 heavy (non-hydrogen) atoms. The van der Waals surface area contributed by atoms with Gasteiger partial charge in [-0.3, -0.25) is 4.18 Å². The average Bonchev–Trinajstić information content (AvgIpc) is 2.55. The number of carbonyl (C=O) groups is 1. The predicted molar refractivity (Wildman–Crippen MR) is 88.5 cm³/mol. The van der Waals surface area contributed by atoms with Gasteiger partial charge in [0.2, 0.25) is 0 Å². The zero-order chi connectivity index (χ0) is 17.8. The van der Waals surface area contributed by atoms with Gasteiger partial charge in [-0.15, -0.1) is 0 Å². The van der Waals surface area contributed by atoms with Gasteiger partial charge in [0.1, 0.15) is 0 Å². The molecule has 0 unspecified atom stereocenters. The fourth-order valence-corrected chi connectivity index (χ4v) is 2.35. The van der Waals surface area contributed by atoms with Gasteiger partial charge in [0, 0.05) is 6.61 Å². The van der Waals surface area contributed by atoms with E-state index in [1.54, 1.807) is 12.1 Å². The molecule has 0 aliphatic carbocycles. The normalized spacial score (nSPS) is 11.4. The quantitative estimate of drug-likeness (QED) is 0.316. The second-order valence-corrected chi connectivity index (χ2v) is 6.65. The van der Waals surface area contributed by atoms with Gasteiger partial charge in [-0.2, -0.15) is 8.42 Å². The highest BCUT2D eigenvalue weighted by molar-refractivity contribution is 7.85. The van der Waals surface area contributed by atoms with E-state index in [9.17, 15) is 13.2 Å². The molecule has 0 aromatic heterocycles. The highest BCUT2D eigenvalue weighted by Gasteiger charge is 2.10. The van der Waals surface area contributed by atoms with E-state index in [1.807, 2.05) is 12.1 Å². The maximum atomic E-state index is 11.6. The van der Waals surface area contributed by atoms with Crippen molar-refractivity contribution in [2.75, 3.05) is 46.4 Å². The average molecular weight is 360 g/mol. The van der Waals surface area contributed by atoms with E-state index in [-0.39, 0.29) is 19.2 Å². The molecule has 0 heterocycles. The second-order valence-electron chi connectivity index (χ2n) is 5.00. The Bertz CT molecular complexity index is 598. The van der Waals surface area contributed by atoms with E-state index < -0.39 is 10.1 Å². The summed E-state index contributed by atoms with van der Waals surface area (Å²) in [4.78, 5) is 11.6. The topological polar surface area (TPSA) is 88.1 Å². The predicted octanol–water partition coefficient (Wildman–Crippen LogP) is 1.42. The number of methoxy groups -OCH3 is 1. The van der Waals surface area contributed by atoms with Crippen molar-refractivity contribution in [2.45, 2.75) is 12.8 Å². The van der Waals surface area contributed by atoms with Crippen LogP contribution < -0.4 is 0 Å². The molecule has 1 rings (SSSR count). The summed E-state index contributed by atoms with van der Waals surface area (Å²) in [5, 5.41) is 0. The monoisotopic (exact) mass is 360 g/mol. The summed E-state index contributed by atoms with van der Waals surface area (Å²) in [6, 6.07) is 7.33. The molecule has 0 saturated heterocycles. The van der Waals surface area contributed by atoms with Crippen molar-refractivity contribution in [3.05, 3.63) is 35.4 Å². The van der Waals surface area contributed by atoms with Crippen molar-refractivity contribution in [1.29, 1.82) is 0 Å². The van der Waals surface area contributed by atoms with Crippen LogP contribution in [-0.4, -0.2) is 60.8 Å². The minimum Gasteiger partial charge on any atom is -0.465 e. The number of hydrogen-bond acceptors (Lipinski definition) is 7. The Balaban J connectivity index is 2.10. The Hall–Kier alpha value is -1.48. The van der Waals surface area contributed by atoms with Crippen molar-refractivity contribution in [3.8, 4) is 0 Å². The SMILES string of the molecule is COC(=O)c1ccccc1CCCOCCOCCOS(C)(=O)=O. The standard InChI is InChI=1S/C16H24O7S/c1-20-16(17)15-8-4-3-6-14(15)7-5-9-21-10-11-22-12-13-23-24(2,18)19/h3-4,6,8H,5,7,9-13H2,1-2H3. The van der Waals surface area contributed by atoms with Crippen LogP contribution in [0.2, 0.25) is 0 Å². The molecule has 0 bridgehead atoms. The Kier molecular flexibility index (Phi) is 9.55. The van der Waals surface area contributed by atoms with Crippen LogP contribution in [0.3, 0.4) is 0 Å². The smallest absolute Gasteiger partial charge is 0.338 e. The van der Waals surface area contributed by atoms with E-state index in [0.29, 0.717) is 31.8 Å². The van der Waals surface area contributed by atoms with Crippen LogP contribution >= 0.6 is 0 Å². The van der Waals surface area contributed by atoms with Crippen molar-refractivity contribution >= 4 is 16.1 Å². The van der Waals surface area contributed by atoms with E-state index in [0.717, 1.165) is 18.2 Å². The molecule has 0 saturated carbocycles. The summed E-state index contributed by atoms with van der Waals surface area (Å²) < 4.78 is 41.3. The maximum absolute atomic E-state index is 11.6. The molecule has 0 amide bonds. The fraction of sp³-hybridized carbons (Fsp3) is 0.562. The van der Waals surface area contributed by atoms with Crippen LogP contribution in [0.1, 0.15) is 22.3 Å². The number of rotatable bonds is 12. The number of aryl methyl sites for hydroxylation is 1. The molecule has 7 nitrogen and oxygen atoms in total. The Morgan fingerprint density at radius 1 is 1.00 bits per heavy atom. The van der Waals surface area contributed by atoms with Gasteiger partial charge < -0.3 is 14.2 Å². The molecule has 136 valence electrons. The lowest BCUT2D eigenvalue weighted by Crippen LogP contribution is -2.12. The minimum atomic E-state index is -3.41. The first-order valence-corrected chi connectivity index (χ1v) is 9.42. The van der Waals surface area contributed by atoms with Gasteiger partial charge in [0.15, 0.2) is 0 Å². The van der Waals surface area contributed by atoms with Crippen LogP contribution in [0.25, 0.3) is 0 Å². The molecule has 8 heteroatoms. The highest BCUT2D eigenvalue weighted by Crippen LogP contribution is 2.12. The molecule has 0 fully saturated rings. The summed E-state index contributed by atoms with van der Waals surface area (Å²) in [6.07, 6.45) is 2.48. The first-order valence-electron chi connectivity index (χ1n) is 7.60. The van der Waals surface area contributed by atoms with E-state index in [4.69, 9.17) is 14.2 Å². The molecule has 0 spiro atoms. The lowest BCUT2D eigenvalue weighted by molar-refractivity contribution is 0.0365. The lowest BCUT2D eigenvalue weighted by Gasteiger charge is -2.08. The summed E-state index contributed by atoms with van der Waals surface area (Å²) in [7, 11) is -2.05. The van der Waals surface area contributed by atoms with Gasteiger partial charge in [-0.05, 0) is 24.5 Å². The van der Waals surface area contributed by atoms with E-state index >= 15 is 0 Å². The zero-order valence-corrected chi connectivity index (χ0v) is 14.8. The van der Waals surface area contributed by atoms with Crippen LogP contribution in [0.4, 0.5) is 0 Å². The van der Waals surface area contributed by atoms with E-state index in [2.05, 4.69) is 4.18 Å². The Morgan fingerprint density at radius 3 is 2.29 bits per heavy atom. The third-order valence-electron chi connectivity index (χ3n) is 3.05. The lowest BCUT2D eigenvalue weighted by atomic mass is 10.0. The molecular formula is C16H24O7S. The van der Waals surface area contributed by atoms with Gasteiger partial charge >= 0.3 is 5.97 Å². The summed E-state index contributed by atoms with van der Waals surface area (Å²) >= 11 is 0. The molecule has 1 aromatic carbocycles. The molecule has 0 N–H and O–H groups in total. The Labute approximate surface area is 143 Å². The molecule has 0 aliphatic rings. The van der Waals surface area contributed by atoms with Crippen molar-refractivity contribution < 1.29 is 31.6 Å². The number of carbonyl (C=O) groups excluding carboxylic acids is 1. The first-order chi connectivity index (χ1) is 11.4. The van der Waals surface area contributed by atoms with Crippen molar-refractivity contribution in [2.24, 2.45) is 0 Å². The summed E-state index contributed by atoms with van der Waals surface area (Å²) in [6.45, 7) is 1.52. The van der Waals surface area contributed by atoms with Crippen molar-refractivity contribution in [1.82, 2.24) is 0 Å². The van der Waals surface area contributed by atoms with Crippen molar-refractivity contribution in [3.63, 3.8) is 0 Å². The molecular weight excluding hydrogens is 336 g/mol. The highest BCUT2D eigenvalue weighted by atomic mass is 32.2. The van der Waals surface area contributed by atoms with Gasteiger partial charge in [-0.25, -0.2) is 4.79 Å². The van der Waals surface area contributed by atoms with Gasteiger partial charge in [-0.1, -0.05) is 18.2 Å². The van der Waals surface area contributed by atoms with E-state index in [1.165, 1.54) is 7.11 Å². The van der Waals surface area contributed by atoms with Crippen LogP contribution in [-0.2, 0) is 34.9 Å². The number of benzene rings is 1. The largest absolute Gasteiger partial charge is 0.465 e. The van der Waals surface area contributed by atoms with Gasteiger partial charge in [0.05, 0.1) is 45.4 Å². The fourth-order valence-electron chi connectivity index (χ4n) is 1.98. The summed E-state index contributed by atoms with van der Waals surface area (Å²) in [5.74, 6) is -0.337. The second kappa shape index (κ2) is 11.1. The first kappa shape index (κ1) is 20.6. The number of ether oxygens (including phenoxy) is 3. The van der Waals surface area contributed by atoms with Gasteiger partial charge in [0.25, 0.3) is 10.1 Å². The zero-order valence-electron chi connectivity index (χ0n) is 14.0. The minimum absolute atomic E-state index is 0.00312. The van der Waals surface area contributed by atoms with Crippen LogP contribution in [0, 0.1) is 0 Å². The Morgan fingerprint density at radius 2 is 1.62 bits per heavy atom. The molecule has 0 radical (unpaired) electrons. The van der Waals surface area contributed by atoms with Crippen LogP contribution in [0.15, 0.2) is 24.3 Å². The maximum Gasteiger partial charge on any atom is 0.338 e. The molecule has 0 aliphatic heterocycles. The third-order valence-corrected chi connectivity index (χ3v) is 3.65. The molecule has 1 aromatic rings.